The maximum absolute atomic E-state index is 14.1. The van der Waals surface area contributed by atoms with Crippen LogP contribution in [-0.2, 0) is 25.7 Å². The summed E-state index contributed by atoms with van der Waals surface area (Å²) in [4.78, 5) is 43.2. The Morgan fingerprint density at radius 1 is 1.03 bits per heavy atom. The second-order valence-corrected chi connectivity index (χ2v) is 11.5. The van der Waals surface area contributed by atoms with Gasteiger partial charge >= 0.3 is 0 Å². The molecule has 5 rings (SSSR count). The molecular formula is C30H36ClN3O5. The Labute approximate surface area is 234 Å². The summed E-state index contributed by atoms with van der Waals surface area (Å²) in [6.45, 7) is 2.75. The SMILES string of the molecule is C[C@]12CCC3(O1)C(C(=O)Nc1ccccc1Cl)N(CCCCCCO)C(=O)[C@@H]3[C@H]2C(=O)NCc1ccccc1. The number of ether oxygens (including phenoxy) is 1. The van der Waals surface area contributed by atoms with Crippen molar-refractivity contribution in [1.82, 2.24) is 10.2 Å². The predicted octanol–water partition coefficient (Wildman–Crippen LogP) is 3.91. The quantitative estimate of drug-likeness (QED) is 0.366. The lowest BCUT2D eigenvalue weighted by Crippen LogP contribution is -2.53. The maximum Gasteiger partial charge on any atom is 0.250 e. The summed E-state index contributed by atoms with van der Waals surface area (Å²) < 4.78 is 6.65. The van der Waals surface area contributed by atoms with E-state index in [0.29, 0.717) is 49.5 Å². The Morgan fingerprint density at radius 2 is 1.74 bits per heavy atom. The second kappa shape index (κ2) is 11.3. The zero-order valence-corrected chi connectivity index (χ0v) is 23.0. The first kappa shape index (κ1) is 27.6. The summed E-state index contributed by atoms with van der Waals surface area (Å²) in [5.41, 5.74) is -0.488. The van der Waals surface area contributed by atoms with Crippen molar-refractivity contribution in [2.75, 3.05) is 18.5 Å². The summed E-state index contributed by atoms with van der Waals surface area (Å²) >= 11 is 6.33. The van der Waals surface area contributed by atoms with E-state index in [1.54, 1.807) is 29.2 Å². The maximum atomic E-state index is 14.1. The first-order valence-electron chi connectivity index (χ1n) is 13.8. The van der Waals surface area contributed by atoms with Crippen molar-refractivity contribution < 1.29 is 24.2 Å². The lowest BCUT2D eigenvalue weighted by Gasteiger charge is -2.33. The molecule has 0 radical (unpaired) electrons. The number of hydrogen-bond acceptors (Lipinski definition) is 5. The lowest BCUT2D eigenvalue weighted by atomic mass is 9.66. The molecule has 3 N–H and O–H groups in total. The van der Waals surface area contributed by atoms with E-state index < -0.39 is 29.1 Å². The van der Waals surface area contributed by atoms with Gasteiger partial charge in [-0.25, -0.2) is 0 Å². The minimum atomic E-state index is -1.09. The number of rotatable bonds is 11. The number of halogens is 1. The van der Waals surface area contributed by atoms with Crippen molar-refractivity contribution in [3.63, 3.8) is 0 Å². The highest BCUT2D eigenvalue weighted by Gasteiger charge is 2.77. The topological polar surface area (TPSA) is 108 Å². The number of nitrogens with one attached hydrogen (secondary N) is 2. The van der Waals surface area contributed by atoms with Gasteiger partial charge in [0.2, 0.25) is 17.7 Å². The van der Waals surface area contributed by atoms with E-state index in [9.17, 15) is 14.4 Å². The molecule has 0 aromatic heterocycles. The number of amides is 3. The van der Waals surface area contributed by atoms with Crippen LogP contribution < -0.4 is 10.6 Å². The third kappa shape index (κ3) is 5.06. The summed E-state index contributed by atoms with van der Waals surface area (Å²) in [6, 6.07) is 15.7. The van der Waals surface area contributed by atoms with Crippen LogP contribution in [0.5, 0.6) is 0 Å². The number of anilines is 1. The van der Waals surface area contributed by atoms with Crippen LogP contribution in [0.2, 0.25) is 5.02 Å². The molecular weight excluding hydrogens is 518 g/mol. The number of likely N-dealkylation sites (tertiary alicyclic amines) is 1. The van der Waals surface area contributed by atoms with Crippen LogP contribution >= 0.6 is 11.6 Å². The number of fused-ring (bicyclic) bond motifs is 1. The van der Waals surface area contributed by atoms with Crippen LogP contribution in [0.3, 0.4) is 0 Å². The molecule has 5 atom stereocenters. The molecule has 208 valence electrons. The van der Waals surface area contributed by atoms with Gasteiger partial charge in [-0.1, -0.05) is 66.9 Å². The fraction of sp³-hybridized carbons (Fsp3) is 0.500. The predicted molar refractivity (Wildman–Crippen MR) is 148 cm³/mol. The standard InChI is InChI=1S/C30H36ClN3O5/c1-29-15-16-30(39-29)24(23(29)26(36)32-19-20-11-5-4-6-12-20)28(38)34(17-9-2-3-10-18-35)25(30)27(37)33-22-14-8-7-13-21(22)31/h4-8,11-14,23-25,35H,2-3,9-10,15-19H2,1H3,(H,32,36)(H,33,37)/t23-,24-,25?,29+,30?/m0/s1. The summed E-state index contributed by atoms with van der Waals surface area (Å²) in [5.74, 6) is -2.23. The second-order valence-electron chi connectivity index (χ2n) is 11.1. The number of aliphatic hydroxyl groups excluding tert-OH is 1. The van der Waals surface area contributed by atoms with Crippen molar-refractivity contribution in [1.29, 1.82) is 0 Å². The largest absolute Gasteiger partial charge is 0.396 e. The van der Waals surface area contributed by atoms with Crippen molar-refractivity contribution >= 4 is 35.0 Å². The number of aliphatic hydroxyl groups is 1. The molecule has 2 unspecified atom stereocenters. The smallest absolute Gasteiger partial charge is 0.250 e. The average Bonchev–Trinajstić information content (AvgIpc) is 3.49. The van der Waals surface area contributed by atoms with Gasteiger partial charge in [0.25, 0.3) is 0 Å². The minimum Gasteiger partial charge on any atom is -0.396 e. The molecule has 2 aromatic carbocycles. The molecule has 9 heteroatoms. The third-order valence-corrected chi connectivity index (χ3v) is 8.89. The molecule has 0 aliphatic carbocycles. The third-order valence-electron chi connectivity index (χ3n) is 8.56. The van der Waals surface area contributed by atoms with E-state index in [1.165, 1.54) is 0 Å². The molecule has 2 bridgehead atoms. The number of benzene rings is 2. The van der Waals surface area contributed by atoms with Crippen LogP contribution in [0.15, 0.2) is 54.6 Å². The fourth-order valence-electron chi connectivity index (χ4n) is 6.77. The van der Waals surface area contributed by atoms with E-state index >= 15 is 0 Å². The van der Waals surface area contributed by atoms with Gasteiger partial charge in [-0.2, -0.15) is 0 Å². The molecule has 8 nitrogen and oxygen atoms in total. The molecule has 3 aliphatic rings. The van der Waals surface area contributed by atoms with Gasteiger partial charge in [0.1, 0.15) is 11.6 Å². The highest BCUT2D eigenvalue weighted by atomic mass is 35.5. The Balaban J connectivity index is 1.42. The van der Waals surface area contributed by atoms with Crippen LogP contribution in [0, 0.1) is 11.8 Å². The number of hydrogen-bond donors (Lipinski definition) is 3. The van der Waals surface area contributed by atoms with E-state index in [-0.39, 0.29) is 24.3 Å². The van der Waals surface area contributed by atoms with Crippen LogP contribution in [0.1, 0.15) is 51.0 Å². The van der Waals surface area contributed by atoms with E-state index in [4.69, 9.17) is 21.4 Å². The van der Waals surface area contributed by atoms with Gasteiger partial charge in [0.15, 0.2) is 0 Å². The molecule has 3 amide bonds. The Kier molecular flexibility index (Phi) is 7.99. The molecule has 3 heterocycles. The number of para-hydroxylation sites is 1. The summed E-state index contributed by atoms with van der Waals surface area (Å²) in [5, 5.41) is 15.5. The number of carbonyl (C=O) groups excluding carboxylic acids is 3. The zero-order chi connectivity index (χ0) is 27.6. The highest BCUT2D eigenvalue weighted by Crippen LogP contribution is 2.63. The van der Waals surface area contributed by atoms with Crippen molar-refractivity contribution in [3.8, 4) is 0 Å². The molecule has 3 saturated heterocycles. The van der Waals surface area contributed by atoms with E-state index in [0.717, 1.165) is 18.4 Å². The Hall–Kier alpha value is -2.94. The lowest BCUT2D eigenvalue weighted by molar-refractivity contribution is -0.144. The minimum absolute atomic E-state index is 0.128. The molecule has 0 saturated carbocycles. The highest BCUT2D eigenvalue weighted by molar-refractivity contribution is 6.33. The van der Waals surface area contributed by atoms with Crippen molar-refractivity contribution in [2.45, 2.75) is 69.2 Å². The van der Waals surface area contributed by atoms with Gasteiger partial charge < -0.3 is 25.4 Å². The first-order valence-corrected chi connectivity index (χ1v) is 14.2. The normalized spacial score (nSPS) is 28.9. The Morgan fingerprint density at radius 3 is 2.49 bits per heavy atom. The number of nitrogens with zero attached hydrogens (tertiary/aromatic N) is 1. The molecule has 1 spiro atoms. The number of unbranched alkanes of at least 4 members (excludes halogenated alkanes) is 3. The first-order chi connectivity index (χ1) is 18.8. The van der Waals surface area contributed by atoms with Crippen molar-refractivity contribution in [2.24, 2.45) is 11.8 Å². The van der Waals surface area contributed by atoms with Gasteiger partial charge in [0.05, 0.1) is 28.1 Å². The molecule has 39 heavy (non-hydrogen) atoms. The molecule has 3 aliphatic heterocycles. The average molecular weight is 554 g/mol. The summed E-state index contributed by atoms with van der Waals surface area (Å²) in [7, 11) is 0. The van der Waals surface area contributed by atoms with E-state index in [1.807, 2.05) is 37.3 Å². The molecule has 3 fully saturated rings. The zero-order valence-electron chi connectivity index (χ0n) is 22.2. The summed E-state index contributed by atoms with van der Waals surface area (Å²) in [6.07, 6.45) is 4.14. The number of carbonyl (C=O) groups is 3. The van der Waals surface area contributed by atoms with E-state index in [2.05, 4.69) is 10.6 Å². The van der Waals surface area contributed by atoms with Crippen LogP contribution in [0.25, 0.3) is 0 Å². The van der Waals surface area contributed by atoms with Crippen LogP contribution in [-0.4, -0.2) is 58.1 Å². The Bertz CT molecular complexity index is 1230. The van der Waals surface area contributed by atoms with Gasteiger partial charge in [-0.15, -0.1) is 0 Å². The van der Waals surface area contributed by atoms with Gasteiger partial charge in [0, 0.05) is 19.7 Å². The monoisotopic (exact) mass is 553 g/mol. The fourth-order valence-corrected chi connectivity index (χ4v) is 6.96. The van der Waals surface area contributed by atoms with Gasteiger partial charge in [-0.3, -0.25) is 14.4 Å². The van der Waals surface area contributed by atoms with Crippen LogP contribution in [0.4, 0.5) is 5.69 Å². The van der Waals surface area contributed by atoms with Crippen molar-refractivity contribution in [3.05, 3.63) is 65.2 Å². The van der Waals surface area contributed by atoms with Gasteiger partial charge in [-0.05, 0) is 50.3 Å². The molecule has 2 aromatic rings.